The molecule has 2 aromatic rings. The summed E-state index contributed by atoms with van der Waals surface area (Å²) in [5.41, 5.74) is 1.81. The molecule has 4 rings (SSSR count). The third kappa shape index (κ3) is 10.6. The molecule has 0 aromatic heterocycles. The van der Waals surface area contributed by atoms with Gasteiger partial charge >= 0.3 is 0 Å². The van der Waals surface area contributed by atoms with E-state index in [1.54, 1.807) is 24.3 Å². The molecule has 1 heterocycles. The number of ether oxygens (including phenoxy) is 1. The van der Waals surface area contributed by atoms with Crippen molar-refractivity contribution < 1.29 is 27.9 Å². The lowest BCUT2D eigenvalue weighted by atomic mass is 9.74. The fraction of sp³-hybridized carbons (Fsp3) is 0.412. The third-order valence-corrected chi connectivity index (χ3v) is 9.76. The number of nitro groups is 2. The maximum Gasteiger partial charge on any atom is 0.269 e. The van der Waals surface area contributed by atoms with Crippen molar-refractivity contribution in [3.05, 3.63) is 121 Å². The van der Waals surface area contributed by atoms with Crippen LogP contribution in [0, 0.1) is 26.1 Å². The maximum atomic E-state index is 11.4. The molecule has 0 saturated carbocycles. The van der Waals surface area contributed by atoms with Crippen molar-refractivity contribution in [3.8, 4) is 0 Å². The lowest BCUT2D eigenvalue weighted by molar-refractivity contribution is -0.385. The van der Waals surface area contributed by atoms with Crippen LogP contribution in [0.1, 0.15) is 23.5 Å². The molecule has 2 aliphatic rings. The molecular formula is C34H46N2O8Si3. The smallest absolute Gasteiger partial charge is 0.269 e. The first-order valence-electron chi connectivity index (χ1n) is 15.8. The van der Waals surface area contributed by atoms with Gasteiger partial charge in [0.2, 0.25) is 25.0 Å². The van der Waals surface area contributed by atoms with Crippen LogP contribution in [-0.4, -0.2) is 47.0 Å². The van der Waals surface area contributed by atoms with Crippen molar-refractivity contribution in [1.29, 1.82) is 0 Å². The van der Waals surface area contributed by atoms with Gasteiger partial charge < -0.3 is 18.0 Å². The number of hydrogen-bond donors (Lipinski definition) is 0. The molecule has 0 radical (unpaired) electrons. The fourth-order valence-corrected chi connectivity index (χ4v) is 8.29. The summed E-state index contributed by atoms with van der Waals surface area (Å²) in [5, 5.41) is 22.5. The summed E-state index contributed by atoms with van der Waals surface area (Å²) in [5.74, 6) is 2.03. The minimum atomic E-state index is -2.08. The largest absolute Gasteiger partial charge is 0.547 e. The van der Waals surface area contributed by atoms with Crippen molar-refractivity contribution in [2.45, 2.75) is 83.5 Å². The highest BCUT2D eigenvalue weighted by Crippen LogP contribution is 2.47. The van der Waals surface area contributed by atoms with Gasteiger partial charge in [0, 0.05) is 36.6 Å². The number of non-ortho nitro benzene ring substituents is 2. The van der Waals surface area contributed by atoms with E-state index in [0.717, 1.165) is 22.6 Å². The first-order chi connectivity index (χ1) is 21.8. The van der Waals surface area contributed by atoms with E-state index in [1.807, 2.05) is 36.4 Å². The first kappa shape index (κ1) is 36.1. The molecule has 0 spiro atoms. The zero-order valence-corrected chi connectivity index (χ0v) is 31.7. The van der Waals surface area contributed by atoms with Crippen molar-refractivity contribution in [2.24, 2.45) is 5.92 Å². The molecule has 4 atom stereocenters. The Balaban J connectivity index is 1.77. The maximum absolute atomic E-state index is 11.4. The second kappa shape index (κ2) is 14.1. The van der Waals surface area contributed by atoms with E-state index in [1.165, 1.54) is 12.1 Å². The predicted molar refractivity (Wildman–Crippen MR) is 192 cm³/mol. The summed E-state index contributed by atoms with van der Waals surface area (Å²) in [7, 11) is -6.08. The molecule has 0 unspecified atom stereocenters. The van der Waals surface area contributed by atoms with Crippen molar-refractivity contribution in [2.75, 3.05) is 0 Å². The Morgan fingerprint density at radius 3 is 1.85 bits per heavy atom. The number of allylic oxidation sites excluding steroid dienone is 2. The van der Waals surface area contributed by atoms with Gasteiger partial charge in [-0.05, 0) is 106 Å². The minimum absolute atomic E-state index is 0.0347. The molecule has 2 aromatic carbocycles. The van der Waals surface area contributed by atoms with Gasteiger partial charge in [-0.2, -0.15) is 0 Å². The Morgan fingerprint density at radius 1 is 0.787 bits per heavy atom. The van der Waals surface area contributed by atoms with Gasteiger partial charge in [-0.3, -0.25) is 20.2 Å². The van der Waals surface area contributed by atoms with E-state index < -0.39 is 36.0 Å². The van der Waals surface area contributed by atoms with Crippen LogP contribution >= 0.6 is 0 Å². The number of nitro benzene ring substituents is 2. The van der Waals surface area contributed by atoms with Gasteiger partial charge in [-0.15, -0.1) is 0 Å². The molecule has 0 saturated heterocycles. The SMILES string of the molecule is C[Si](C)(C)OC1=C[C@@H](c2ccc([N+](=O)[O-])cc2)[C@H]2C(O[Si](C)(C)C)=C[C@H](/C=C(/C=C/c3ccc([N+](=O)[O-])cc3)O[Si](C)(C)C)O[C@H]2C1. The van der Waals surface area contributed by atoms with Gasteiger partial charge in [0.25, 0.3) is 11.4 Å². The van der Waals surface area contributed by atoms with Crippen LogP contribution in [0.5, 0.6) is 0 Å². The van der Waals surface area contributed by atoms with Crippen LogP contribution in [0.4, 0.5) is 11.4 Å². The van der Waals surface area contributed by atoms with Gasteiger partial charge in [0.1, 0.15) is 11.9 Å². The van der Waals surface area contributed by atoms with Gasteiger partial charge in [0.15, 0.2) is 0 Å². The molecule has 252 valence electrons. The molecule has 0 amide bonds. The normalized spacial score (nSPS) is 22.2. The summed E-state index contributed by atoms with van der Waals surface area (Å²) in [4.78, 5) is 21.7. The highest BCUT2D eigenvalue weighted by molar-refractivity contribution is 6.70. The number of benzene rings is 2. The van der Waals surface area contributed by atoms with Crippen molar-refractivity contribution in [3.63, 3.8) is 0 Å². The molecule has 0 N–H and O–H groups in total. The topological polar surface area (TPSA) is 123 Å². The highest BCUT2D eigenvalue weighted by atomic mass is 28.4. The number of hydrogen-bond acceptors (Lipinski definition) is 8. The standard InChI is InChI=1S/C34H46N2O8Si3/c1-45(2,3)42-28(19-12-24-10-15-26(16-11-24)35(37)38)20-29-22-33(44-47(7,8)9)34-31(25-13-17-27(18-14-25)36(39)40)21-30(23-32(34)41-29)43-46(4,5)6/h10-22,29,31-32,34H,23H2,1-9H3/b19-12+,28-20-/t29-,31-,32-,34+/m0/s1. The summed E-state index contributed by atoms with van der Waals surface area (Å²) < 4.78 is 26.6. The number of nitrogens with zero attached hydrogens (tertiary/aromatic N) is 2. The molecule has 47 heavy (non-hydrogen) atoms. The zero-order chi connectivity index (χ0) is 34.7. The van der Waals surface area contributed by atoms with E-state index in [2.05, 4.69) is 65.0 Å². The first-order valence-corrected chi connectivity index (χ1v) is 26.0. The average molecular weight is 695 g/mol. The van der Waals surface area contributed by atoms with E-state index in [4.69, 9.17) is 18.0 Å². The van der Waals surface area contributed by atoms with Gasteiger partial charge in [-0.25, -0.2) is 0 Å². The summed E-state index contributed by atoms with van der Waals surface area (Å²) >= 11 is 0. The van der Waals surface area contributed by atoms with E-state index in [-0.39, 0.29) is 34.2 Å². The van der Waals surface area contributed by atoms with Crippen LogP contribution < -0.4 is 0 Å². The Kier molecular flexibility index (Phi) is 10.8. The third-order valence-electron chi connectivity index (χ3n) is 7.19. The van der Waals surface area contributed by atoms with Crippen molar-refractivity contribution in [1.82, 2.24) is 0 Å². The molecular weight excluding hydrogens is 649 g/mol. The summed E-state index contributed by atoms with van der Waals surface area (Å²) in [6, 6.07) is 13.1. The second-order valence-electron chi connectivity index (χ2n) is 14.8. The second-order valence-corrected chi connectivity index (χ2v) is 28.1. The summed E-state index contributed by atoms with van der Waals surface area (Å²) in [6.45, 7) is 19.2. The van der Waals surface area contributed by atoms with Crippen LogP contribution in [0.2, 0.25) is 58.9 Å². The quantitative estimate of drug-likeness (QED) is 0.0708. The molecule has 10 nitrogen and oxygen atoms in total. The van der Waals surface area contributed by atoms with Gasteiger partial charge in [0.05, 0.1) is 33.4 Å². The minimum Gasteiger partial charge on any atom is -0.547 e. The van der Waals surface area contributed by atoms with Crippen molar-refractivity contribution >= 4 is 42.4 Å². The Bertz CT molecular complexity index is 1580. The average Bonchev–Trinajstić information content (AvgIpc) is 2.93. The fourth-order valence-electron chi connectivity index (χ4n) is 5.59. The Hall–Kier alpha value is -3.79. The lowest BCUT2D eigenvalue weighted by Crippen LogP contribution is -2.43. The highest BCUT2D eigenvalue weighted by Gasteiger charge is 2.44. The van der Waals surface area contributed by atoms with E-state index in [0.29, 0.717) is 12.2 Å². The van der Waals surface area contributed by atoms with Crippen LogP contribution in [0.3, 0.4) is 0 Å². The Morgan fingerprint density at radius 2 is 1.34 bits per heavy atom. The zero-order valence-electron chi connectivity index (χ0n) is 28.7. The molecule has 13 heteroatoms. The number of rotatable bonds is 12. The summed E-state index contributed by atoms with van der Waals surface area (Å²) in [6.07, 6.45) is 9.72. The number of fused-ring (bicyclic) bond motifs is 1. The molecule has 0 fully saturated rings. The van der Waals surface area contributed by atoms with Crippen LogP contribution in [0.15, 0.2) is 90.1 Å². The lowest BCUT2D eigenvalue weighted by Gasteiger charge is -2.44. The van der Waals surface area contributed by atoms with Crippen LogP contribution in [0.25, 0.3) is 6.08 Å². The molecule has 1 aliphatic heterocycles. The Labute approximate surface area is 280 Å². The van der Waals surface area contributed by atoms with E-state index in [9.17, 15) is 20.2 Å². The molecule has 1 aliphatic carbocycles. The monoisotopic (exact) mass is 694 g/mol. The molecule has 0 bridgehead atoms. The predicted octanol–water partition coefficient (Wildman–Crippen LogP) is 9.29. The van der Waals surface area contributed by atoms with Crippen LogP contribution in [-0.2, 0) is 18.0 Å². The van der Waals surface area contributed by atoms with E-state index >= 15 is 0 Å². The van der Waals surface area contributed by atoms with Gasteiger partial charge in [-0.1, -0.05) is 18.2 Å².